The van der Waals surface area contributed by atoms with Gasteiger partial charge in [-0.05, 0) is 32.1 Å². The third-order valence-corrected chi connectivity index (χ3v) is 4.19. The van der Waals surface area contributed by atoms with Gasteiger partial charge < -0.3 is 14.4 Å². The van der Waals surface area contributed by atoms with Crippen LogP contribution in [0.15, 0.2) is 4.52 Å². The van der Waals surface area contributed by atoms with Crippen molar-refractivity contribution in [3.63, 3.8) is 0 Å². The number of hydrogen-bond acceptors (Lipinski definition) is 5. The lowest BCUT2D eigenvalue weighted by Gasteiger charge is -2.27. The van der Waals surface area contributed by atoms with Crippen molar-refractivity contribution < 1.29 is 14.4 Å². The van der Waals surface area contributed by atoms with Crippen molar-refractivity contribution in [2.24, 2.45) is 5.92 Å². The fourth-order valence-corrected chi connectivity index (χ4v) is 3.14. The highest BCUT2D eigenvalue weighted by Crippen LogP contribution is 2.35. The van der Waals surface area contributed by atoms with Gasteiger partial charge in [0.25, 0.3) is 0 Å². The van der Waals surface area contributed by atoms with Gasteiger partial charge in [-0.15, -0.1) is 0 Å². The molecular weight excluding hydrogens is 268 g/mol. The quantitative estimate of drug-likeness (QED) is 0.796. The van der Waals surface area contributed by atoms with E-state index < -0.39 is 6.10 Å². The van der Waals surface area contributed by atoms with Gasteiger partial charge in [-0.2, -0.15) is 4.98 Å². The number of nitrogens with zero attached hydrogens (tertiary/aromatic N) is 2. The van der Waals surface area contributed by atoms with Gasteiger partial charge >= 0.3 is 0 Å². The molecule has 0 spiro atoms. The highest BCUT2D eigenvalue weighted by atomic mass is 16.5. The summed E-state index contributed by atoms with van der Waals surface area (Å²) in [5.41, 5.74) is 0. The third kappa shape index (κ3) is 4.78. The summed E-state index contributed by atoms with van der Waals surface area (Å²) in [6.07, 6.45) is 7.86. The van der Waals surface area contributed by atoms with Crippen LogP contribution in [0, 0.1) is 5.92 Å². The fraction of sp³-hybridized carbons (Fsp3) is 0.875. The van der Waals surface area contributed by atoms with Crippen LogP contribution in [0.25, 0.3) is 0 Å². The summed E-state index contributed by atoms with van der Waals surface area (Å²) in [4.78, 5) is 4.46. The Labute approximate surface area is 127 Å². The van der Waals surface area contributed by atoms with E-state index in [-0.39, 0.29) is 6.10 Å². The summed E-state index contributed by atoms with van der Waals surface area (Å²) in [6.45, 7) is 4.71. The van der Waals surface area contributed by atoms with E-state index in [1.807, 2.05) is 6.92 Å². The lowest BCUT2D eigenvalue weighted by atomic mass is 9.85. The molecule has 120 valence electrons. The van der Waals surface area contributed by atoms with E-state index in [0.717, 1.165) is 12.8 Å². The molecule has 0 amide bonds. The molecular formula is C16H28N2O3. The van der Waals surface area contributed by atoms with E-state index in [1.54, 1.807) is 0 Å². The maximum absolute atomic E-state index is 9.84. The molecule has 0 bridgehead atoms. The van der Waals surface area contributed by atoms with E-state index in [4.69, 9.17) is 9.26 Å². The Morgan fingerprint density at radius 1 is 1.29 bits per heavy atom. The highest BCUT2D eigenvalue weighted by Gasteiger charge is 2.29. The molecule has 2 atom stereocenters. The molecule has 0 aromatic carbocycles. The Hall–Kier alpha value is -0.940. The lowest BCUT2D eigenvalue weighted by molar-refractivity contribution is -0.00145. The van der Waals surface area contributed by atoms with Crippen molar-refractivity contribution >= 4 is 0 Å². The van der Waals surface area contributed by atoms with Crippen LogP contribution in [0.4, 0.5) is 0 Å². The molecule has 2 unspecified atom stereocenters. The number of hydrogen-bond donors (Lipinski definition) is 1. The summed E-state index contributed by atoms with van der Waals surface area (Å²) in [5, 5.41) is 13.9. The Morgan fingerprint density at radius 3 is 2.71 bits per heavy atom. The molecule has 21 heavy (non-hydrogen) atoms. The van der Waals surface area contributed by atoms with E-state index >= 15 is 0 Å². The number of aliphatic hydroxyl groups excluding tert-OH is 1. The Morgan fingerprint density at radius 2 is 2.05 bits per heavy atom. The van der Waals surface area contributed by atoms with Gasteiger partial charge in [0.15, 0.2) is 0 Å². The minimum Gasteiger partial charge on any atom is -0.393 e. The highest BCUT2D eigenvalue weighted by molar-refractivity contribution is 4.96. The SMILES string of the molecule is CCCC(O)Cc1nc(C(OCC)C2CCCCC2)no1. The zero-order chi connectivity index (χ0) is 15.1. The topological polar surface area (TPSA) is 68.4 Å². The first kappa shape index (κ1) is 16.4. The zero-order valence-electron chi connectivity index (χ0n) is 13.3. The number of rotatable bonds is 8. The minimum absolute atomic E-state index is 0.0592. The van der Waals surface area contributed by atoms with Crippen molar-refractivity contribution in [2.45, 2.75) is 77.4 Å². The van der Waals surface area contributed by atoms with Crippen molar-refractivity contribution in [3.05, 3.63) is 11.7 Å². The average Bonchev–Trinajstić information content (AvgIpc) is 2.94. The van der Waals surface area contributed by atoms with Crippen LogP contribution in [0.5, 0.6) is 0 Å². The molecule has 1 saturated carbocycles. The van der Waals surface area contributed by atoms with Crippen LogP contribution in [0.1, 0.15) is 76.6 Å². The smallest absolute Gasteiger partial charge is 0.229 e. The molecule has 0 radical (unpaired) electrons. The maximum Gasteiger partial charge on any atom is 0.229 e. The second-order valence-corrected chi connectivity index (χ2v) is 5.97. The molecule has 0 aliphatic heterocycles. The van der Waals surface area contributed by atoms with Gasteiger partial charge in [0.1, 0.15) is 6.10 Å². The van der Waals surface area contributed by atoms with Crippen molar-refractivity contribution in [1.29, 1.82) is 0 Å². The van der Waals surface area contributed by atoms with E-state index in [1.165, 1.54) is 32.1 Å². The van der Waals surface area contributed by atoms with Crippen LogP contribution in [0.3, 0.4) is 0 Å². The van der Waals surface area contributed by atoms with Gasteiger partial charge in [0, 0.05) is 6.61 Å². The molecule has 1 fully saturated rings. The van der Waals surface area contributed by atoms with Gasteiger partial charge in [0.2, 0.25) is 11.7 Å². The number of ether oxygens (including phenoxy) is 1. The van der Waals surface area contributed by atoms with Crippen molar-refractivity contribution in [2.75, 3.05) is 6.61 Å². The molecule has 1 aliphatic rings. The first-order chi connectivity index (χ1) is 10.2. The van der Waals surface area contributed by atoms with Gasteiger partial charge in [0.05, 0.1) is 12.5 Å². The van der Waals surface area contributed by atoms with E-state index in [0.29, 0.717) is 30.7 Å². The van der Waals surface area contributed by atoms with Crippen LogP contribution in [-0.2, 0) is 11.2 Å². The van der Waals surface area contributed by atoms with Crippen LogP contribution in [-0.4, -0.2) is 28.0 Å². The van der Waals surface area contributed by atoms with Crippen molar-refractivity contribution in [1.82, 2.24) is 10.1 Å². The van der Waals surface area contributed by atoms with Crippen LogP contribution in [0.2, 0.25) is 0 Å². The van der Waals surface area contributed by atoms with Gasteiger partial charge in [-0.25, -0.2) is 0 Å². The van der Waals surface area contributed by atoms with Gasteiger partial charge in [-0.1, -0.05) is 37.8 Å². The van der Waals surface area contributed by atoms with E-state index in [9.17, 15) is 5.11 Å². The Kier molecular flexibility index (Phi) is 6.64. The molecule has 1 heterocycles. The maximum atomic E-state index is 9.84. The fourth-order valence-electron chi connectivity index (χ4n) is 3.14. The predicted molar refractivity (Wildman–Crippen MR) is 79.9 cm³/mol. The standard InChI is InChI=1S/C16H28N2O3/c1-3-8-13(19)11-14-17-16(18-21-14)15(20-4-2)12-9-6-5-7-10-12/h12-13,15,19H,3-11H2,1-2H3. The third-order valence-electron chi connectivity index (χ3n) is 4.19. The summed E-state index contributed by atoms with van der Waals surface area (Å²) in [6, 6.07) is 0. The summed E-state index contributed by atoms with van der Waals surface area (Å²) in [7, 11) is 0. The largest absolute Gasteiger partial charge is 0.393 e. The molecule has 1 aliphatic carbocycles. The minimum atomic E-state index is -0.400. The van der Waals surface area contributed by atoms with Crippen molar-refractivity contribution in [3.8, 4) is 0 Å². The summed E-state index contributed by atoms with van der Waals surface area (Å²) in [5.74, 6) is 1.67. The Bertz CT molecular complexity index is 402. The van der Waals surface area contributed by atoms with Crippen LogP contribution >= 0.6 is 0 Å². The predicted octanol–water partition coefficient (Wildman–Crippen LogP) is 3.43. The molecule has 1 N–H and O–H groups in total. The summed E-state index contributed by atoms with van der Waals surface area (Å²) < 4.78 is 11.2. The van der Waals surface area contributed by atoms with E-state index in [2.05, 4.69) is 17.1 Å². The summed E-state index contributed by atoms with van der Waals surface area (Å²) >= 11 is 0. The molecule has 0 saturated heterocycles. The van der Waals surface area contributed by atoms with Crippen LogP contribution < -0.4 is 0 Å². The second-order valence-electron chi connectivity index (χ2n) is 5.97. The molecule has 1 aromatic rings. The zero-order valence-corrected chi connectivity index (χ0v) is 13.3. The number of aliphatic hydroxyl groups is 1. The Balaban J connectivity index is 2.01. The molecule has 1 aromatic heterocycles. The molecule has 2 rings (SSSR count). The molecule has 5 nitrogen and oxygen atoms in total. The monoisotopic (exact) mass is 296 g/mol. The first-order valence-electron chi connectivity index (χ1n) is 8.36. The van der Waals surface area contributed by atoms with Gasteiger partial charge in [-0.3, -0.25) is 0 Å². The second kappa shape index (κ2) is 8.49. The average molecular weight is 296 g/mol. The number of aromatic nitrogens is 2. The molecule has 5 heteroatoms. The lowest BCUT2D eigenvalue weighted by Crippen LogP contribution is -2.20. The first-order valence-corrected chi connectivity index (χ1v) is 8.36. The normalized spacial score (nSPS) is 19.6.